The summed E-state index contributed by atoms with van der Waals surface area (Å²) in [7, 11) is 0. The first-order chi connectivity index (χ1) is 14.3. The van der Waals surface area contributed by atoms with E-state index in [-0.39, 0.29) is 0 Å². The van der Waals surface area contributed by atoms with Crippen LogP contribution in [0.2, 0.25) is 5.02 Å². The summed E-state index contributed by atoms with van der Waals surface area (Å²) in [6.07, 6.45) is 2.22. The van der Waals surface area contributed by atoms with Gasteiger partial charge >= 0.3 is 6.18 Å². The van der Waals surface area contributed by atoms with Gasteiger partial charge in [-0.1, -0.05) is 11.6 Å². The van der Waals surface area contributed by atoms with Crippen LogP contribution in [-0.4, -0.2) is 29.9 Å². The van der Waals surface area contributed by atoms with Crippen LogP contribution in [0.15, 0.2) is 49.3 Å². The molecule has 0 fully saturated rings. The zero-order chi connectivity index (χ0) is 21.3. The third-order valence-electron chi connectivity index (χ3n) is 4.29. The van der Waals surface area contributed by atoms with Crippen LogP contribution in [-0.2, 0) is 6.18 Å². The van der Waals surface area contributed by atoms with Gasteiger partial charge in [0.05, 0.1) is 22.1 Å². The lowest BCUT2D eigenvalue weighted by Gasteiger charge is -2.16. The molecule has 0 aromatic carbocycles. The van der Waals surface area contributed by atoms with Crippen molar-refractivity contribution in [2.75, 3.05) is 5.32 Å². The number of hydrogen-bond donors (Lipinski definition) is 1. The first-order valence-corrected chi connectivity index (χ1v) is 9.07. The van der Waals surface area contributed by atoms with Gasteiger partial charge in [-0.15, -0.1) is 0 Å². The molecule has 0 aliphatic heterocycles. The first-order valence-electron chi connectivity index (χ1n) is 8.69. The fraction of sp³-hybridized carbons (Fsp3) is 0.158. The highest BCUT2D eigenvalue weighted by Crippen LogP contribution is 2.28. The maximum Gasteiger partial charge on any atom is 0.451 e. The minimum Gasteiger partial charge on any atom is -0.363 e. The quantitative estimate of drug-likeness (QED) is 0.500. The summed E-state index contributed by atoms with van der Waals surface area (Å²) in [5.41, 5.74) is 2.34. The van der Waals surface area contributed by atoms with Gasteiger partial charge in [-0.25, -0.2) is 24.9 Å². The van der Waals surface area contributed by atoms with Gasteiger partial charge in [0.15, 0.2) is 5.65 Å². The van der Waals surface area contributed by atoms with Gasteiger partial charge in [-0.05, 0) is 25.1 Å². The van der Waals surface area contributed by atoms with Gasteiger partial charge in [0, 0.05) is 35.9 Å². The molecule has 0 aliphatic rings. The van der Waals surface area contributed by atoms with Crippen molar-refractivity contribution in [3.8, 4) is 11.3 Å². The van der Waals surface area contributed by atoms with E-state index < -0.39 is 18.0 Å². The van der Waals surface area contributed by atoms with E-state index in [9.17, 15) is 13.2 Å². The van der Waals surface area contributed by atoms with Crippen molar-refractivity contribution in [1.82, 2.24) is 29.9 Å². The molecule has 0 amide bonds. The second-order valence-corrected chi connectivity index (χ2v) is 6.82. The molecule has 1 atom stereocenters. The Kier molecular flexibility index (Phi) is 5.17. The fourth-order valence-corrected chi connectivity index (χ4v) is 2.86. The zero-order valence-electron chi connectivity index (χ0n) is 15.4. The molecule has 0 saturated heterocycles. The summed E-state index contributed by atoms with van der Waals surface area (Å²) >= 11 is 5.89. The lowest BCUT2D eigenvalue weighted by Crippen LogP contribution is -2.14. The van der Waals surface area contributed by atoms with Crippen LogP contribution >= 0.6 is 11.6 Å². The molecule has 0 radical (unpaired) electrons. The van der Waals surface area contributed by atoms with Crippen LogP contribution in [0.25, 0.3) is 22.3 Å². The Morgan fingerprint density at radius 1 is 0.933 bits per heavy atom. The summed E-state index contributed by atoms with van der Waals surface area (Å²) in [4.78, 5) is 23.8. The number of nitrogens with one attached hydrogen (secondary N) is 1. The van der Waals surface area contributed by atoms with Crippen molar-refractivity contribution in [2.24, 2.45) is 0 Å². The topological polar surface area (TPSA) is 89.4 Å². The predicted molar refractivity (Wildman–Crippen MR) is 105 cm³/mol. The Hall–Kier alpha value is -3.40. The predicted octanol–water partition coefficient (Wildman–Crippen LogP) is 4.72. The molecule has 4 aromatic heterocycles. The summed E-state index contributed by atoms with van der Waals surface area (Å²) in [5, 5.41) is 4.30. The van der Waals surface area contributed by atoms with E-state index in [4.69, 9.17) is 11.6 Å². The molecule has 0 saturated carbocycles. The number of fused-ring (bicyclic) bond motifs is 1. The van der Waals surface area contributed by atoms with Crippen LogP contribution in [0.4, 0.5) is 19.0 Å². The molecule has 30 heavy (non-hydrogen) atoms. The van der Waals surface area contributed by atoms with E-state index in [2.05, 4.69) is 35.2 Å². The van der Waals surface area contributed by atoms with Gasteiger partial charge in [-0.2, -0.15) is 13.2 Å². The molecule has 4 heterocycles. The molecule has 0 spiro atoms. The van der Waals surface area contributed by atoms with Crippen molar-refractivity contribution < 1.29 is 13.2 Å². The lowest BCUT2D eigenvalue weighted by molar-refractivity contribution is -0.145. The normalized spacial score (nSPS) is 12.7. The Balaban J connectivity index is 1.65. The van der Waals surface area contributed by atoms with Gasteiger partial charge in [0.1, 0.15) is 12.1 Å². The Bertz CT molecular complexity index is 1180. The average molecular weight is 432 g/mol. The summed E-state index contributed by atoms with van der Waals surface area (Å²) in [6.45, 7) is 1.76. The molecule has 7 nitrogen and oxygen atoms in total. The minimum atomic E-state index is -4.59. The largest absolute Gasteiger partial charge is 0.451 e. The lowest BCUT2D eigenvalue weighted by atomic mass is 10.1. The van der Waals surface area contributed by atoms with Gasteiger partial charge in [0.2, 0.25) is 5.82 Å². The highest BCUT2D eigenvalue weighted by Gasteiger charge is 2.34. The van der Waals surface area contributed by atoms with Crippen molar-refractivity contribution >= 4 is 28.5 Å². The van der Waals surface area contributed by atoms with Crippen molar-refractivity contribution in [2.45, 2.75) is 19.1 Å². The van der Waals surface area contributed by atoms with Crippen molar-refractivity contribution in [1.29, 1.82) is 0 Å². The van der Waals surface area contributed by atoms with Crippen LogP contribution in [0.3, 0.4) is 0 Å². The molecular weight excluding hydrogens is 419 g/mol. The van der Waals surface area contributed by atoms with Crippen LogP contribution in [0.5, 0.6) is 0 Å². The summed E-state index contributed by atoms with van der Waals surface area (Å²) < 4.78 is 38.0. The average Bonchev–Trinajstić information content (AvgIpc) is 2.74. The third-order valence-corrected chi connectivity index (χ3v) is 4.51. The highest BCUT2D eigenvalue weighted by atomic mass is 35.5. The van der Waals surface area contributed by atoms with Crippen molar-refractivity contribution in [3.63, 3.8) is 0 Å². The first kappa shape index (κ1) is 19.9. The number of pyridine rings is 2. The van der Waals surface area contributed by atoms with E-state index in [0.717, 1.165) is 18.0 Å². The third kappa shape index (κ3) is 4.13. The Morgan fingerprint density at radius 2 is 1.70 bits per heavy atom. The highest BCUT2D eigenvalue weighted by molar-refractivity contribution is 6.30. The second kappa shape index (κ2) is 7.79. The number of hydrogen-bond acceptors (Lipinski definition) is 7. The number of alkyl halides is 3. The number of halogens is 4. The minimum absolute atomic E-state index is 0.414. The van der Waals surface area contributed by atoms with E-state index in [1.54, 1.807) is 25.3 Å². The molecule has 0 bridgehead atoms. The fourth-order valence-electron chi connectivity index (χ4n) is 2.74. The number of aromatic nitrogens is 6. The van der Waals surface area contributed by atoms with Gasteiger partial charge in [0.25, 0.3) is 0 Å². The second-order valence-electron chi connectivity index (χ2n) is 6.38. The standard InChI is InChI=1S/C19H13ClF3N7/c1-10(12-6-26-18(27-7-12)19(21,22)23)30-17-14-4-11(5-25-16(14)28-9-29-17)15-3-2-13(20)8-24-15/h2-10H,1H3,(H,25,28,29,30). The van der Waals surface area contributed by atoms with Crippen LogP contribution < -0.4 is 5.32 Å². The maximum absolute atomic E-state index is 12.7. The summed E-state index contributed by atoms with van der Waals surface area (Å²) in [6, 6.07) is 4.91. The molecule has 1 unspecified atom stereocenters. The molecule has 4 rings (SSSR count). The SMILES string of the molecule is CC(Nc1ncnc2ncc(-c3ccc(Cl)cn3)cc12)c1cnc(C(F)(F)F)nc1. The Labute approximate surface area is 173 Å². The van der Waals surface area contributed by atoms with E-state index in [1.165, 1.54) is 12.5 Å². The van der Waals surface area contributed by atoms with E-state index in [0.29, 0.717) is 33.1 Å². The monoisotopic (exact) mass is 431 g/mol. The smallest absolute Gasteiger partial charge is 0.363 e. The van der Waals surface area contributed by atoms with Crippen molar-refractivity contribution in [3.05, 3.63) is 65.7 Å². The van der Waals surface area contributed by atoms with Crippen LogP contribution in [0, 0.1) is 0 Å². The number of nitrogens with zero attached hydrogens (tertiary/aromatic N) is 6. The number of anilines is 1. The molecule has 0 aliphatic carbocycles. The molecule has 4 aromatic rings. The maximum atomic E-state index is 12.7. The van der Waals surface area contributed by atoms with Crippen LogP contribution in [0.1, 0.15) is 24.4 Å². The molecule has 1 N–H and O–H groups in total. The van der Waals surface area contributed by atoms with Gasteiger partial charge in [-0.3, -0.25) is 4.98 Å². The Morgan fingerprint density at radius 3 is 2.37 bits per heavy atom. The molecule has 152 valence electrons. The molecular formula is C19H13ClF3N7. The zero-order valence-corrected chi connectivity index (χ0v) is 16.1. The van der Waals surface area contributed by atoms with E-state index >= 15 is 0 Å². The summed E-state index contributed by atoms with van der Waals surface area (Å²) in [5.74, 6) is -0.717. The molecule has 11 heteroatoms. The van der Waals surface area contributed by atoms with E-state index in [1.807, 2.05) is 6.07 Å². The van der Waals surface area contributed by atoms with Gasteiger partial charge < -0.3 is 5.32 Å². The number of rotatable bonds is 4.